The smallest absolute Gasteiger partial charge is 0.0468 e. The summed E-state index contributed by atoms with van der Waals surface area (Å²) in [5.41, 5.74) is 8.15. The lowest BCUT2D eigenvalue weighted by molar-refractivity contribution is 1.27. The van der Waals surface area contributed by atoms with E-state index in [1.807, 2.05) is 0 Å². The van der Waals surface area contributed by atoms with Crippen molar-refractivity contribution in [2.24, 2.45) is 0 Å². The molecule has 1 heteroatoms. The molecule has 0 spiro atoms. The highest BCUT2D eigenvalue weighted by Crippen LogP contribution is 2.40. The first-order chi connectivity index (χ1) is 9.90. The Labute approximate surface area is 116 Å². The average Bonchev–Trinajstić information content (AvgIpc) is 3.02. The second-order valence-corrected chi connectivity index (χ2v) is 5.56. The number of hydrogen-bond acceptors (Lipinski definition) is 0. The number of benzene rings is 3. The maximum atomic E-state index is 3.53. The van der Waals surface area contributed by atoms with Crippen molar-refractivity contribution in [3.05, 3.63) is 71.8 Å². The summed E-state index contributed by atoms with van der Waals surface area (Å²) in [6, 6.07) is 22.0. The Balaban J connectivity index is 1.91. The zero-order chi connectivity index (χ0) is 13.1. The van der Waals surface area contributed by atoms with Gasteiger partial charge in [0.05, 0.1) is 0 Å². The van der Waals surface area contributed by atoms with E-state index < -0.39 is 0 Å². The number of hydrogen-bond donors (Lipinski definition) is 1. The SMILES string of the molecule is c1ccc2c(c1)Cc1cc3[nH]c4ccccc4c3cc1-2. The number of para-hydroxylation sites is 1. The van der Waals surface area contributed by atoms with Crippen molar-refractivity contribution in [2.45, 2.75) is 6.42 Å². The Morgan fingerprint density at radius 2 is 1.50 bits per heavy atom. The third-order valence-corrected chi connectivity index (χ3v) is 4.42. The van der Waals surface area contributed by atoms with Gasteiger partial charge >= 0.3 is 0 Å². The molecule has 20 heavy (non-hydrogen) atoms. The van der Waals surface area contributed by atoms with E-state index in [9.17, 15) is 0 Å². The van der Waals surface area contributed by atoms with Crippen molar-refractivity contribution in [2.75, 3.05) is 0 Å². The molecule has 1 aliphatic rings. The van der Waals surface area contributed by atoms with Crippen molar-refractivity contribution >= 4 is 21.8 Å². The first-order valence-corrected chi connectivity index (χ1v) is 7.02. The van der Waals surface area contributed by atoms with E-state index >= 15 is 0 Å². The monoisotopic (exact) mass is 255 g/mol. The van der Waals surface area contributed by atoms with E-state index in [4.69, 9.17) is 0 Å². The molecule has 0 saturated heterocycles. The second-order valence-electron chi connectivity index (χ2n) is 5.56. The predicted octanol–water partition coefficient (Wildman–Crippen LogP) is 4.89. The predicted molar refractivity (Wildman–Crippen MR) is 84.0 cm³/mol. The third kappa shape index (κ3) is 1.22. The quantitative estimate of drug-likeness (QED) is 0.405. The topological polar surface area (TPSA) is 15.8 Å². The molecule has 0 atom stereocenters. The molecule has 1 heterocycles. The number of fused-ring (bicyclic) bond motifs is 6. The highest BCUT2D eigenvalue weighted by Gasteiger charge is 2.19. The number of nitrogens with one attached hydrogen (secondary N) is 1. The molecule has 0 amide bonds. The van der Waals surface area contributed by atoms with E-state index in [1.165, 1.54) is 44.1 Å². The molecule has 1 N–H and O–H groups in total. The molecular formula is C19H13N. The molecule has 0 fully saturated rings. The summed E-state index contributed by atoms with van der Waals surface area (Å²) in [7, 11) is 0. The maximum absolute atomic E-state index is 3.53. The van der Waals surface area contributed by atoms with E-state index in [1.54, 1.807) is 0 Å². The Kier molecular flexibility index (Phi) is 1.80. The Morgan fingerprint density at radius 3 is 2.50 bits per heavy atom. The molecule has 1 aliphatic carbocycles. The van der Waals surface area contributed by atoms with E-state index in [0.29, 0.717) is 0 Å². The van der Waals surface area contributed by atoms with Crippen molar-refractivity contribution < 1.29 is 0 Å². The van der Waals surface area contributed by atoms with Gasteiger partial charge in [0.2, 0.25) is 0 Å². The molecule has 0 aliphatic heterocycles. The van der Waals surface area contributed by atoms with Crippen molar-refractivity contribution in [3.63, 3.8) is 0 Å². The normalized spacial score (nSPS) is 12.8. The van der Waals surface area contributed by atoms with Gasteiger partial charge in [-0.25, -0.2) is 0 Å². The molecular weight excluding hydrogens is 242 g/mol. The van der Waals surface area contributed by atoms with Crippen LogP contribution in [0.3, 0.4) is 0 Å². The van der Waals surface area contributed by atoms with Crippen LogP contribution in [-0.4, -0.2) is 4.98 Å². The fourth-order valence-electron chi connectivity index (χ4n) is 3.48. The maximum Gasteiger partial charge on any atom is 0.0468 e. The number of H-pyrrole nitrogens is 1. The molecule has 4 aromatic rings. The Hall–Kier alpha value is -2.54. The number of aromatic nitrogens is 1. The van der Waals surface area contributed by atoms with Crippen LogP contribution in [0.5, 0.6) is 0 Å². The first-order valence-electron chi connectivity index (χ1n) is 7.02. The van der Waals surface area contributed by atoms with E-state index in [-0.39, 0.29) is 0 Å². The lowest BCUT2D eigenvalue weighted by Gasteiger charge is -2.01. The molecule has 0 radical (unpaired) electrons. The van der Waals surface area contributed by atoms with Crippen LogP contribution in [0.15, 0.2) is 60.7 Å². The minimum absolute atomic E-state index is 1.05. The van der Waals surface area contributed by atoms with Gasteiger partial charge in [0.25, 0.3) is 0 Å². The lowest BCUT2D eigenvalue weighted by Crippen LogP contribution is -1.80. The van der Waals surface area contributed by atoms with E-state index in [2.05, 4.69) is 65.6 Å². The van der Waals surface area contributed by atoms with Crippen LogP contribution in [0, 0.1) is 0 Å². The largest absolute Gasteiger partial charge is 0.355 e. The van der Waals surface area contributed by atoms with Crippen LogP contribution in [-0.2, 0) is 6.42 Å². The summed E-state index contributed by atoms with van der Waals surface area (Å²) in [6.45, 7) is 0. The Morgan fingerprint density at radius 1 is 0.650 bits per heavy atom. The molecule has 3 aromatic carbocycles. The third-order valence-electron chi connectivity index (χ3n) is 4.42. The minimum Gasteiger partial charge on any atom is -0.355 e. The zero-order valence-electron chi connectivity index (χ0n) is 11.0. The summed E-state index contributed by atoms with van der Waals surface area (Å²) < 4.78 is 0. The van der Waals surface area contributed by atoms with Crippen LogP contribution >= 0.6 is 0 Å². The number of rotatable bonds is 0. The average molecular weight is 255 g/mol. The second kappa shape index (κ2) is 3.51. The molecule has 5 rings (SSSR count). The fraction of sp³-hybridized carbons (Fsp3) is 0.0526. The van der Waals surface area contributed by atoms with Crippen molar-refractivity contribution in [1.29, 1.82) is 0 Å². The number of aromatic amines is 1. The van der Waals surface area contributed by atoms with Gasteiger partial charge in [-0.15, -0.1) is 0 Å². The zero-order valence-corrected chi connectivity index (χ0v) is 11.0. The van der Waals surface area contributed by atoms with E-state index in [0.717, 1.165) is 6.42 Å². The van der Waals surface area contributed by atoms with Crippen LogP contribution in [0.1, 0.15) is 11.1 Å². The van der Waals surface area contributed by atoms with Crippen LogP contribution in [0.4, 0.5) is 0 Å². The van der Waals surface area contributed by atoms with Gasteiger partial charge in [0.15, 0.2) is 0 Å². The van der Waals surface area contributed by atoms with Gasteiger partial charge in [-0.2, -0.15) is 0 Å². The van der Waals surface area contributed by atoms with Gasteiger partial charge in [-0.3, -0.25) is 0 Å². The summed E-state index contributed by atoms with van der Waals surface area (Å²) in [5.74, 6) is 0. The Bertz CT molecular complexity index is 976. The van der Waals surface area contributed by atoms with Crippen molar-refractivity contribution in [1.82, 2.24) is 4.98 Å². The fourth-order valence-corrected chi connectivity index (χ4v) is 3.48. The molecule has 0 saturated carbocycles. The summed E-state index contributed by atoms with van der Waals surface area (Å²) in [4.78, 5) is 3.53. The molecule has 1 aromatic heterocycles. The van der Waals surface area contributed by atoms with Gasteiger partial charge in [-0.1, -0.05) is 42.5 Å². The van der Waals surface area contributed by atoms with Crippen molar-refractivity contribution in [3.8, 4) is 11.1 Å². The highest BCUT2D eigenvalue weighted by molar-refractivity contribution is 6.09. The summed E-state index contributed by atoms with van der Waals surface area (Å²) in [5, 5.41) is 2.64. The molecule has 1 nitrogen and oxygen atoms in total. The first kappa shape index (κ1) is 10.3. The summed E-state index contributed by atoms with van der Waals surface area (Å²) in [6.07, 6.45) is 1.05. The highest BCUT2D eigenvalue weighted by atomic mass is 14.7. The van der Waals surface area contributed by atoms with Crippen LogP contribution in [0.25, 0.3) is 32.9 Å². The standard InChI is InChI=1S/C19H13N/c1-2-6-14-12(5-1)9-13-10-19-17(11-16(13)14)15-7-3-4-8-18(15)20-19/h1-8,10-11,20H,9H2. The van der Waals surface area contributed by atoms with Gasteiger partial charge in [0, 0.05) is 21.8 Å². The molecule has 0 bridgehead atoms. The van der Waals surface area contributed by atoms with Gasteiger partial charge < -0.3 is 4.98 Å². The minimum atomic E-state index is 1.05. The van der Waals surface area contributed by atoms with Crippen LogP contribution < -0.4 is 0 Å². The molecule has 94 valence electrons. The van der Waals surface area contributed by atoms with Gasteiger partial charge in [-0.05, 0) is 46.9 Å². The van der Waals surface area contributed by atoms with Crippen LogP contribution in [0.2, 0.25) is 0 Å². The summed E-state index contributed by atoms with van der Waals surface area (Å²) >= 11 is 0. The van der Waals surface area contributed by atoms with Gasteiger partial charge in [0.1, 0.15) is 0 Å². The lowest BCUT2D eigenvalue weighted by atomic mass is 10.0. The molecule has 0 unspecified atom stereocenters.